The van der Waals surface area contributed by atoms with Crippen LogP contribution in [0, 0.1) is 11.7 Å². The molecule has 0 aliphatic heterocycles. The van der Waals surface area contributed by atoms with Crippen LogP contribution in [0.25, 0.3) is 0 Å². The fourth-order valence-corrected chi connectivity index (χ4v) is 3.36. The van der Waals surface area contributed by atoms with E-state index in [9.17, 15) is 4.79 Å². The Morgan fingerprint density at radius 1 is 1.23 bits per heavy atom. The van der Waals surface area contributed by atoms with Gasteiger partial charge in [-0.2, -0.15) is 14.9 Å². The molecule has 11 heteroatoms. The molecule has 1 heterocycles. The Balaban J connectivity index is 1.88. The third-order valence-corrected chi connectivity index (χ3v) is 5.11. The maximum absolute atomic E-state index is 12.1. The fraction of sp³-hybridized carbons (Fsp3) is 0.158. The number of nitrogens with one attached hydrogen (secondary N) is 1. The van der Waals surface area contributed by atoms with Crippen molar-refractivity contribution in [1.29, 1.82) is 0 Å². The van der Waals surface area contributed by atoms with Crippen molar-refractivity contribution in [3.63, 3.8) is 0 Å². The molecule has 0 saturated heterocycles. The lowest BCUT2D eigenvalue weighted by Crippen LogP contribution is -2.22. The minimum Gasteiger partial charge on any atom is -0.493 e. The molecule has 0 radical (unpaired) electrons. The molecule has 0 aliphatic rings. The summed E-state index contributed by atoms with van der Waals surface area (Å²) in [7, 11) is 1.49. The van der Waals surface area contributed by atoms with E-state index in [0.29, 0.717) is 32.1 Å². The summed E-state index contributed by atoms with van der Waals surface area (Å²) < 4.78 is 12.3. The van der Waals surface area contributed by atoms with Crippen molar-refractivity contribution in [1.82, 2.24) is 14.9 Å². The molecule has 0 aliphatic carbocycles. The first kappa shape index (κ1) is 22.3. The van der Waals surface area contributed by atoms with Gasteiger partial charge in [0.05, 0.1) is 18.3 Å². The van der Waals surface area contributed by atoms with Crippen LogP contribution in [0.4, 0.5) is 0 Å². The molecule has 2 aromatic carbocycles. The molecule has 0 fully saturated rings. The number of hydrogen-bond donors (Lipinski definition) is 1. The zero-order valence-corrected chi connectivity index (χ0v) is 18.9. The number of ether oxygens (including phenoxy) is 2. The van der Waals surface area contributed by atoms with Crippen molar-refractivity contribution in [2.75, 3.05) is 7.11 Å². The zero-order valence-electron chi connectivity index (χ0n) is 15.8. The summed E-state index contributed by atoms with van der Waals surface area (Å²) in [6, 6.07) is 8.41. The van der Waals surface area contributed by atoms with Crippen LogP contribution >= 0.6 is 47.0 Å². The number of nitrogens with zero attached hydrogens (tertiary/aromatic N) is 3. The van der Waals surface area contributed by atoms with E-state index in [0.717, 1.165) is 10.2 Å². The van der Waals surface area contributed by atoms with Crippen LogP contribution < -0.4 is 15.0 Å². The second-order valence-electron chi connectivity index (χ2n) is 6.03. The number of rotatable bonds is 6. The molecule has 0 unspecified atom stereocenters. The van der Waals surface area contributed by atoms with Gasteiger partial charge in [0.2, 0.25) is 4.77 Å². The van der Waals surface area contributed by atoms with Crippen LogP contribution in [0.5, 0.6) is 11.5 Å². The smallest absolute Gasteiger partial charge is 0.296 e. The molecule has 156 valence electrons. The first-order valence-corrected chi connectivity index (χ1v) is 10.0. The molecule has 0 saturated carbocycles. The summed E-state index contributed by atoms with van der Waals surface area (Å²) in [5, 5.41) is 11.8. The number of hydrogen-bond acceptors (Lipinski definition) is 6. The van der Waals surface area contributed by atoms with Crippen LogP contribution in [0.2, 0.25) is 15.1 Å². The molecule has 7 nitrogen and oxygen atoms in total. The summed E-state index contributed by atoms with van der Waals surface area (Å²) in [5.74, 6) is 0.731. The second-order valence-corrected chi connectivity index (χ2v) is 7.67. The molecule has 0 atom stereocenters. The predicted octanol–water partition coefficient (Wildman–Crippen LogP) is 5.04. The van der Waals surface area contributed by atoms with E-state index in [4.69, 9.17) is 56.5 Å². The van der Waals surface area contributed by atoms with Gasteiger partial charge in [-0.25, -0.2) is 0 Å². The number of halogens is 3. The zero-order chi connectivity index (χ0) is 21.8. The topological polar surface area (TPSA) is 81.5 Å². The molecule has 30 heavy (non-hydrogen) atoms. The van der Waals surface area contributed by atoms with Gasteiger partial charge < -0.3 is 9.47 Å². The van der Waals surface area contributed by atoms with E-state index in [1.54, 1.807) is 37.3 Å². The molecule has 3 aromatic rings. The second kappa shape index (κ2) is 9.61. The van der Waals surface area contributed by atoms with Gasteiger partial charge in [-0.15, -0.1) is 0 Å². The lowest BCUT2D eigenvalue weighted by Gasteiger charge is -2.14. The average Bonchev–Trinajstić information content (AvgIpc) is 2.71. The van der Waals surface area contributed by atoms with Gasteiger partial charge in [-0.05, 0) is 49.0 Å². The Hall–Kier alpha value is -2.39. The lowest BCUT2D eigenvalue weighted by molar-refractivity contribution is 0.285. The summed E-state index contributed by atoms with van der Waals surface area (Å²) in [4.78, 5) is 12.1. The fourth-order valence-electron chi connectivity index (χ4n) is 2.44. The van der Waals surface area contributed by atoms with E-state index in [1.807, 2.05) is 0 Å². The van der Waals surface area contributed by atoms with Crippen LogP contribution in [-0.2, 0) is 6.61 Å². The first-order chi connectivity index (χ1) is 14.3. The normalized spacial score (nSPS) is 11.1. The highest BCUT2D eigenvalue weighted by molar-refractivity contribution is 7.71. The van der Waals surface area contributed by atoms with Crippen molar-refractivity contribution >= 4 is 53.2 Å². The highest BCUT2D eigenvalue weighted by Gasteiger charge is 2.13. The SMILES string of the molecule is COc1cc(/C=N\n2c(=S)[nH]nc(C)c2=O)cc(Cl)c1OCc1ccc(Cl)cc1Cl. The summed E-state index contributed by atoms with van der Waals surface area (Å²) in [6.45, 7) is 1.72. The number of aromatic nitrogens is 3. The summed E-state index contributed by atoms with van der Waals surface area (Å²) in [6.07, 6.45) is 1.43. The number of H-pyrrole nitrogens is 1. The third-order valence-electron chi connectivity index (χ3n) is 3.97. The lowest BCUT2D eigenvalue weighted by atomic mass is 10.2. The van der Waals surface area contributed by atoms with Crippen molar-refractivity contribution in [2.45, 2.75) is 13.5 Å². The molecule has 0 spiro atoms. The van der Waals surface area contributed by atoms with Crippen molar-refractivity contribution in [3.05, 3.63) is 77.3 Å². The van der Waals surface area contributed by atoms with E-state index in [1.165, 1.54) is 13.3 Å². The van der Waals surface area contributed by atoms with E-state index >= 15 is 0 Å². The van der Waals surface area contributed by atoms with Gasteiger partial charge in [-0.1, -0.05) is 40.9 Å². The van der Waals surface area contributed by atoms with E-state index in [2.05, 4.69) is 15.3 Å². The van der Waals surface area contributed by atoms with E-state index in [-0.39, 0.29) is 17.1 Å². The Morgan fingerprint density at radius 3 is 2.70 bits per heavy atom. The summed E-state index contributed by atoms with van der Waals surface area (Å²) >= 11 is 23.5. The number of benzene rings is 2. The van der Waals surface area contributed by atoms with Gasteiger partial charge in [-0.3, -0.25) is 9.89 Å². The molecular weight excluding hydrogens is 471 g/mol. The van der Waals surface area contributed by atoms with Crippen molar-refractivity contribution in [2.24, 2.45) is 5.10 Å². The Kier molecular flexibility index (Phi) is 7.14. The van der Waals surface area contributed by atoms with Gasteiger partial charge >= 0.3 is 0 Å². The summed E-state index contributed by atoms with van der Waals surface area (Å²) in [5.41, 5.74) is 1.13. The van der Waals surface area contributed by atoms with Gasteiger partial charge in [0.1, 0.15) is 12.3 Å². The largest absolute Gasteiger partial charge is 0.493 e. The van der Waals surface area contributed by atoms with E-state index < -0.39 is 5.56 Å². The van der Waals surface area contributed by atoms with Gasteiger partial charge in [0, 0.05) is 15.6 Å². The number of aromatic amines is 1. The number of methoxy groups -OCH3 is 1. The van der Waals surface area contributed by atoms with Crippen molar-refractivity contribution < 1.29 is 9.47 Å². The van der Waals surface area contributed by atoms with Gasteiger partial charge in [0.15, 0.2) is 11.5 Å². The van der Waals surface area contributed by atoms with Crippen LogP contribution in [0.15, 0.2) is 40.2 Å². The first-order valence-electron chi connectivity index (χ1n) is 8.47. The van der Waals surface area contributed by atoms with Crippen LogP contribution in [0.1, 0.15) is 16.8 Å². The Morgan fingerprint density at radius 2 is 2.00 bits per heavy atom. The van der Waals surface area contributed by atoms with Crippen LogP contribution in [0.3, 0.4) is 0 Å². The predicted molar refractivity (Wildman–Crippen MR) is 120 cm³/mol. The number of aryl methyl sites for hydroxylation is 1. The standard InChI is InChI=1S/C19H15Cl3N4O3S/c1-10-18(27)26(19(30)25-24-10)23-8-11-5-15(22)17(16(6-11)28-2)29-9-12-3-4-13(20)7-14(12)21/h3-8H,9H2,1-2H3,(H,25,30)/b23-8-. The van der Waals surface area contributed by atoms with Gasteiger partial charge in [0.25, 0.3) is 5.56 Å². The molecule has 1 aromatic heterocycles. The quantitative estimate of drug-likeness (QED) is 0.391. The molecular formula is C19H15Cl3N4O3S. The molecule has 3 rings (SSSR count). The maximum Gasteiger partial charge on any atom is 0.296 e. The van der Waals surface area contributed by atoms with Crippen molar-refractivity contribution in [3.8, 4) is 11.5 Å². The monoisotopic (exact) mass is 484 g/mol. The minimum atomic E-state index is -0.423. The Labute approximate surface area is 191 Å². The van der Waals surface area contributed by atoms with Crippen LogP contribution in [-0.4, -0.2) is 28.2 Å². The Bertz CT molecular complexity index is 1240. The average molecular weight is 486 g/mol. The highest BCUT2D eigenvalue weighted by atomic mass is 35.5. The molecule has 1 N–H and O–H groups in total. The highest BCUT2D eigenvalue weighted by Crippen LogP contribution is 2.37. The minimum absolute atomic E-state index is 0.0692. The molecule has 0 bridgehead atoms. The molecule has 0 amide bonds. The third kappa shape index (κ3) is 5.02. The maximum atomic E-state index is 12.1.